The number of rotatable bonds is 3. The van der Waals surface area contributed by atoms with Crippen LogP contribution in [0.5, 0.6) is 0 Å². The maximum atomic E-state index is 13.1. The fraction of sp³-hybridized carbons (Fsp3) is 0.150. The van der Waals surface area contributed by atoms with Gasteiger partial charge in [0.2, 0.25) is 5.96 Å². The molecule has 6 heteroatoms. The van der Waals surface area contributed by atoms with Crippen molar-refractivity contribution in [3.8, 4) is 5.69 Å². The standard InChI is InChI=1S/C20H18N4O2/c25-18-16(13-15-7-3-1-4-8-15)14-23(19-21-11-12-22-19)20(26)24(18)17-9-5-2-6-10-17/h1-10,14H,11-13H2,(H,21,22). The van der Waals surface area contributed by atoms with E-state index < -0.39 is 5.69 Å². The molecule has 0 saturated heterocycles. The van der Waals surface area contributed by atoms with Crippen LogP contribution in [0.3, 0.4) is 0 Å². The second kappa shape index (κ2) is 6.84. The lowest BCUT2D eigenvalue weighted by atomic mass is 10.1. The molecule has 2 heterocycles. The molecule has 1 aliphatic rings. The summed E-state index contributed by atoms with van der Waals surface area (Å²) in [5.74, 6) is 0.481. The van der Waals surface area contributed by atoms with E-state index in [9.17, 15) is 9.59 Å². The zero-order valence-electron chi connectivity index (χ0n) is 14.1. The Balaban J connectivity index is 1.93. The molecular weight excluding hydrogens is 328 g/mol. The molecule has 1 aromatic heterocycles. The van der Waals surface area contributed by atoms with Gasteiger partial charge in [-0.2, -0.15) is 0 Å². The van der Waals surface area contributed by atoms with Crippen LogP contribution in [0.15, 0.2) is 81.4 Å². The Hall–Kier alpha value is -3.41. The highest BCUT2D eigenvalue weighted by Gasteiger charge is 2.17. The van der Waals surface area contributed by atoms with Crippen LogP contribution < -0.4 is 16.6 Å². The van der Waals surface area contributed by atoms with Crippen molar-refractivity contribution >= 4 is 5.96 Å². The summed E-state index contributed by atoms with van der Waals surface area (Å²) in [6.07, 6.45) is 2.05. The normalized spacial score (nSPS) is 13.3. The maximum Gasteiger partial charge on any atom is 0.342 e. The Bertz CT molecular complexity index is 1070. The molecule has 0 radical (unpaired) electrons. The smallest absolute Gasteiger partial charge is 0.342 e. The van der Waals surface area contributed by atoms with Gasteiger partial charge in [-0.15, -0.1) is 0 Å². The van der Waals surface area contributed by atoms with Gasteiger partial charge in [0.25, 0.3) is 5.56 Å². The Kier molecular flexibility index (Phi) is 4.23. The Morgan fingerprint density at radius 2 is 1.65 bits per heavy atom. The minimum absolute atomic E-state index is 0.306. The van der Waals surface area contributed by atoms with Gasteiger partial charge in [0.15, 0.2) is 0 Å². The summed E-state index contributed by atoms with van der Waals surface area (Å²) in [7, 11) is 0. The number of benzene rings is 2. The highest BCUT2D eigenvalue weighted by atomic mass is 16.2. The zero-order valence-corrected chi connectivity index (χ0v) is 14.1. The van der Waals surface area contributed by atoms with Gasteiger partial charge < -0.3 is 5.32 Å². The van der Waals surface area contributed by atoms with Crippen LogP contribution in [0, 0.1) is 0 Å². The molecule has 2 aromatic carbocycles. The predicted molar refractivity (Wildman–Crippen MR) is 101 cm³/mol. The van der Waals surface area contributed by atoms with E-state index in [0.717, 1.165) is 5.56 Å². The first-order valence-electron chi connectivity index (χ1n) is 8.50. The fourth-order valence-corrected chi connectivity index (χ4v) is 3.04. The Labute approximate surface area is 150 Å². The van der Waals surface area contributed by atoms with E-state index in [2.05, 4.69) is 10.3 Å². The maximum absolute atomic E-state index is 13.1. The molecule has 0 fully saturated rings. The van der Waals surface area contributed by atoms with Gasteiger partial charge in [0.05, 0.1) is 12.2 Å². The van der Waals surface area contributed by atoms with Crippen LogP contribution in [0.1, 0.15) is 11.1 Å². The van der Waals surface area contributed by atoms with Crippen molar-refractivity contribution in [2.24, 2.45) is 4.99 Å². The van der Waals surface area contributed by atoms with Crippen molar-refractivity contribution in [3.05, 3.63) is 98.8 Å². The summed E-state index contributed by atoms with van der Waals surface area (Å²) in [5, 5.41) is 3.10. The third-order valence-electron chi connectivity index (χ3n) is 4.30. The largest absolute Gasteiger partial charge is 0.354 e. The SMILES string of the molecule is O=c1c(Cc2ccccc2)cn(C2=NCCN2)c(=O)n1-c1ccccc1. The average Bonchev–Trinajstić information content (AvgIpc) is 3.20. The topological polar surface area (TPSA) is 68.4 Å². The van der Waals surface area contributed by atoms with Gasteiger partial charge in [-0.05, 0) is 17.7 Å². The lowest BCUT2D eigenvalue weighted by Crippen LogP contribution is -2.45. The number of hydrogen-bond acceptors (Lipinski definition) is 4. The zero-order chi connectivity index (χ0) is 17.9. The number of aliphatic imine (C=N–C) groups is 1. The third-order valence-corrected chi connectivity index (χ3v) is 4.30. The first-order valence-corrected chi connectivity index (χ1v) is 8.50. The van der Waals surface area contributed by atoms with Gasteiger partial charge in [0, 0.05) is 24.7 Å². The lowest BCUT2D eigenvalue weighted by molar-refractivity contribution is 0.787. The molecule has 0 aliphatic carbocycles. The van der Waals surface area contributed by atoms with E-state index in [4.69, 9.17) is 0 Å². The number of para-hydroxylation sites is 1. The monoisotopic (exact) mass is 346 g/mol. The first-order chi connectivity index (χ1) is 12.7. The van der Waals surface area contributed by atoms with Gasteiger partial charge in [-0.25, -0.2) is 13.9 Å². The number of hydrogen-bond donors (Lipinski definition) is 1. The molecule has 0 bridgehead atoms. The molecule has 3 aromatic rings. The minimum atomic E-state index is -0.425. The van der Waals surface area contributed by atoms with Gasteiger partial charge in [0.1, 0.15) is 0 Å². The van der Waals surface area contributed by atoms with Crippen molar-refractivity contribution in [2.75, 3.05) is 13.1 Å². The number of aromatic nitrogens is 2. The summed E-state index contributed by atoms with van der Waals surface area (Å²) in [4.78, 5) is 30.4. The van der Waals surface area contributed by atoms with Crippen LogP contribution >= 0.6 is 0 Å². The second-order valence-electron chi connectivity index (χ2n) is 6.08. The summed E-state index contributed by atoms with van der Waals surface area (Å²) < 4.78 is 2.64. The van der Waals surface area contributed by atoms with Crippen molar-refractivity contribution < 1.29 is 0 Å². The molecule has 0 spiro atoms. The van der Waals surface area contributed by atoms with E-state index in [1.54, 1.807) is 30.5 Å². The Morgan fingerprint density at radius 3 is 2.31 bits per heavy atom. The van der Waals surface area contributed by atoms with Crippen molar-refractivity contribution in [1.29, 1.82) is 0 Å². The molecule has 0 unspecified atom stereocenters. The minimum Gasteiger partial charge on any atom is -0.354 e. The molecule has 1 aliphatic heterocycles. The van der Waals surface area contributed by atoms with Crippen molar-refractivity contribution in [1.82, 2.24) is 14.5 Å². The molecule has 0 amide bonds. The third kappa shape index (κ3) is 2.97. The molecule has 4 rings (SSSR count). The van der Waals surface area contributed by atoms with E-state index in [0.29, 0.717) is 36.7 Å². The van der Waals surface area contributed by atoms with Gasteiger partial charge >= 0.3 is 5.69 Å². The summed E-state index contributed by atoms with van der Waals surface area (Å²) >= 11 is 0. The first kappa shape index (κ1) is 16.1. The van der Waals surface area contributed by atoms with Gasteiger partial charge in [-0.3, -0.25) is 9.79 Å². The van der Waals surface area contributed by atoms with Crippen LogP contribution in [0.2, 0.25) is 0 Å². The van der Waals surface area contributed by atoms with Crippen LogP contribution in [0.25, 0.3) is 5.69 Å². The van der Waals surface area contributed by atoms with E-state index in [1.165, 1.54) is 9.13 Å². The highest BCUT2D eigenvalue weighted by molar-refractivity contribution is 5.83. The van der Waals surface area contributed by atoms with Gasteiger partial charge in [-0.1, -0.05) is 48.5 Å². The molecular formula is C20H18N4O2. The summed E-state index contributed by atoms with van der Waals surface area (Å²) in [6.45, 7) is 1.29. The summed E-state index contributed by atoms with van der Waals surface area (Å²) in [6, 6.07) is 18.7. The number of nitrogens with zero attached hydrogens (tertiary/aromatic N) is 3. The summed E-state index contributed by atoms with van der Waals surface area (Å²) in [5.41, 5.74) is 1.36. The van der Waals surface area contributed by atoms with Crippen LogP contribution in [0.4, 0.5) is 0 Å². The van der Waals surface area contributed by atoms with Crippen molar-refractivity contribution in [2.45, 2.75) is 6.42 Å². The highest BCUT2D eigenvalue weighted by Crippen LogP contribution is 2.07. The fourth-order valence-electron chi connectivity index (χ4n) is 3.04. The molecule has 26 heavy (non-hydrogen) atoms. The molecule has 6 nitrogen and oxygen atoms in total. The molecule has 0 atom stereocenters. The number of nitrogens with one attached hydrogen (secondary N) is 1. The molecule has 1 N–H and O–H groups in total. The van der Waals surface area contributed by atoms with Crippen LogP contribution in [-0.2, 0) is 6.42 Å². The van der Waals surface area contributed by atoms with Crippen LogP contribution in [-0.4, -0.2) is 28.2 Å². The predicted octanol–water partition coefficient (Wildman–Crippen LogP) is 1.40. The molecule has 0 saturated carbocycles. The van der Waals surface area contributed by atoms with E-state index in [-0.39, 0.29) is 5.56 Å². The van der Waals surface area contributed by atoms with E-state index in [1.807, 2.05) is 36.4 Å². The Morgan fingerprint density at radius 1 is 0.962 bits per heavy atom. The molecule has 130 valence electrons. The lowest BCUT2D eigenvalue weighted by Gasteiger charge is -2.13. The van der Waals surface area contributed by atoms with Crippen molar-refractivity contribution in [3.63, 3.8) is 0 Å². The van der Waals surface area contributed by atoms with E-state index >= 15 is 0 Å². The second-order valence-corrected chi connectivity index (χ2v) is 6.08. The quantitative estimate of drug-likeness (QED) is 0.779. The average molecular weight is 346 g/mol.